The Morgan fingerprint density at radius 1 is 1.10 bits per heavy atom. The maximum absolute atomic E-state index is 10.5. The van der Waals surface area contributed by atoms with Crippen molar-refractivity contribution in [1.82, 2.24) is 25.0 Å². The highest BCUT2D eigenvalue weighted by molar-refractivity contribution is 5.76. The number of ether oxygens (including phenoxy) is 1. The molecule has 0 aliphatic carbocycles. The van der Waals surface area contributed by atoms with E-state index >= 15 is 0 Å². The Bertz CT molecular complexity index is 1060. The van der Waals surface area contributed by atoms with Gasteiger partial charge in [-0.3, -0.25) is 14.9 Å². The third-order valence-corrected chi connectivity index (χ3v) is 4.99. The molecule has 1 N–H and O–H groups in total. The first kappa shape index (κ1) is 20.0. The molecule has 2 aromatic carbocycles. The smallest absolute Gasteiger partial charge is 0.233 e. The topological polar surface area (TPSA) is 83.7 Å². The van der Waals surface area contributed by atoms with Crippen LogP contribution in [0.4, 0.5) is 0 Å². The summed E-state index contributed by atoms with van der Waals surface area (Å²) in [5, 5.41) is 18.0. The molecule has 1 aliphatic rings. The molecule has 154 valence electrons. The van der Waals surface area contributed by atoms with Gasteiger partial charge in [-0.1, -0.05) is 29.2 Å². The lowest BCUT2D eigenvalue weighted by molar-refractivity contribution is -0.150. The SMILES string of the molecule is O=CN(O)CCn1nnc2cc(C#Cc3ccc(CN4CCOCC4)cc3)ccc21. The summed E-state index contributed by atoms with van der Waals surface area (Å²) >= 11 is 0. The van der Waals surface area contributed by atoms with Crippen LogP contribution in [0.5, 0.6) is 0 Å². The van der Waals surface area contributed by atoms with Crippen LogP contribution < -0.4 is 0 Å². The number of hydrogen-bond donors (Lipinski definition) is 1. The minimum Gasteiger partial charge on any atom is -0.379 e. The lowest BCUT2D eigenvalue weighted by Gasteiger charge is -2.26. The van der Waals surface area contributed by atoms with E-state index in [1.165, 1.54) is 5.56 Å². The summed E-state index contributed by atoms with van der Waals surface area (Å²) in [5.74, 6) is 6.37. The molecule has 2 heterocycles. The van der Waals surface area contributed by atoms with Crippen molar-refractivity contribution >= 4 is 17.4 Å². The number of amides is 1. The highest BCUT2D eigenvalue weighted by Gasteiger charge is 2.10. The third kappa shape index (κ3) is 5.02. The Morgan fingerprint density at radius 3 is 2.60 bits per heavy atom. The van der Waals surface area contributed by atoms with Crippen LogP contribution in [0.2, 0.25) is 0 Å². The summed E-state index contributed by atoms with van der Waals surface area (Å²) < 4.78 is 7.04. The summed E-state index contributed by atoms with van der Waals surface area (Å²) in [6, 6.07) is 14.0. The van der Waals surface area contributed by atoms with Crippen molar-refractivity contribution in [2.75, 3.05) is 32.8 Å². The Hall–Kier alpha value is -3.25. The number of carbonyl (C=O) groups excluding carboxylic acids is 1. The number of benzene rings is 2. The summed E-state index contributed by atoms with van der Waals surface area (Å²) in [6.45, 7) is 5.00. The van der Waals surface area contributed by atoms with Crippen LogP contribution in [0.1, 0.15) is 16.7 Å². The van der Waals surface area contributed by atoms with E-state index in [4.69, 9.17) is 4.74 Å². The summed E-state index contributed by atoms with van der Waals surface area (Å²) in [5.41, 5.74) is 4.63. The van der Waals surface area contributed by atoms with Gasteiger partial charge in [-0.15, -0.1) is 5.10 Å². The number of hydroxylamine groups is 2. The van der Waals surface area contributed by atoms with E-state index < -0.39 is 0 Å². The zero-order chi connectivity index (χ0) is 20.8. The van der Waals surface area contributed by atoms with Crippen LogP contribution in [0.25, 0.3) is 11.0 Å². The minimum absolute atomic E-state index is 0.144. The van der Waals surface area contributed by atoms with Gasteiger partial charge in [0, 0.05) is 30.8 Å². The Balaban J connectivity index is 1.41. The van der Waals surface area contributed by atoms with Gasteiger partial charge >= 0.3 is 0 Å². The molecule has 3 aromatic rings. The lowest BCUT2D eigenvalue weighted by Crippen LogP contribution is -2.35. The highest BCUT2D eigenvalue weighted by atomic mass is 16.5. The molecule has 4 rings (SSSR count). The fourth-order valence-corrected chi connectivity index (χ4v) is 3.32. The van der Waals surface area contributed by atoms with Gasteiger partial charge in [0.15, 0.2) is 0 Å². The third-order valence-electron chi connectivity index (χ3n) is 4.99. The Labute approximate surface area is 174 Å². The molecule has 0 bridgehead atoms. The molecule has 1 fully saturated rings. The van der Waals surface area contributed by atoms with Gasteiger partial charge in [-0.25, -0.2) is 9.75 Å². The average Bonchev–Trinajstić information content (AvgIpc) is 3.20. The van der Waals surface area contributed by atoms with Gasteiger partial charge in [0.05, 0.1) is 31.8 Å². The molecule has 0 spiro atoms. The molecule has 0 unspecified atom stereocenters. The number of carbonyl (C=O) groups is 1. The number of aromatic nitrogens is 3. The second-order valence-electron chi connectivity index (χ2n) is 7.12. The van der Waals surface area contributed by atoms with Crippen molar-refractivity contribution in [3.63, 3.8) is 0 Å². The van der Waals surface area contributed by atoms with Crippen molar-refractivity contribution in [1.29, 1.82) is 0 Å². The number of fused-ring (bicyclic) bond motifs is 1. The molecule has 0 saturated carbocycles. The van der Waals surface area contributed by atoms with E-state index in [1.807, 2.05) is 30.3 Å². The van der Waals surface area contributed by atoms with Gasteiger partial charge in [0.2, 0.25) is 6.41 Å². The number of hydrogen-bond acceptors (Lipinski definition) is 6. The molecule has 8 nitrogen and oxygen atoms in total. The first-order valence-corrected chi connectivity index (χ1v) is 9.86. The van der Waals surface area contributed by atoms with Crippen molar-refractivity contribution in [3.8, 4) is 11.8 Å². The van der Waals surface area contributed by atoms with Gasteiger partial charge < -0.3 is 4.74 Å². The zero-order valence-corrected chi connectivity index (χ0v) is 16.6. The zero-order valence-electron chi connectivity index (χ0n) is 16.6. The van der Waals surface area contributed by atoms with E-state index in [0.29, 0.717) is 18.0 Å². The molecule has 1 aromatic heterocycles. The predicted molar refractivity (Wildman–Crippen MR) is 111 cm³/mol. The number of morpholine rings is 1. The molecular weight excluding hydrogens is 382 g/mol. The molecule has 0 atom stereocenters. The molecule has 30 heavy (non-hydrogen) atoms. The predicted octanol–water partition coefficient (Wildman–Crippen LogP) is 1.51. The molecule has 1 aliphatic heterocycles. The second kappa shape index (κ2) is 9.50. The van der Waals surface area contributed by atoms with E-state index in [9.17, 15) is 10.0 Å². The maximum Gasteiger partial charge on any atom is 0.233 e. The van der Waals surface area contributed by atoms with Crippen molar-refractivity contribution in [3.05, 3.63) is 59.2 Å². The van der Waals surface area contributed by atoms with Crippen molar-refractivity contribution in [2.24, 2.45) is 0 Å². The van der Waals surface area contributed by atoms with E-state index in [2.05, 4.69) is 39.2 Å². The fourth-order valence-electron chi connectivity index (χ4n) is 3.32. The van der Waals surface area contributed by atoms with Gasteiger partial charge in [0.1, 0.15) is 5.52 Å². The summed E-state index contributed by atoms with van der Waals surface area (Å²) in [4.78, 5) is 12.9. The van der Waals surface area contributed by atoms with E-state index in [0.717, 1.165) is 55.0 Å². The molecule has 8 heteroatoms. The maximum atomic E-state index is 10.5. The van der Waals surface area contributed by atoms with Crippen LogP contribution in [-0.4, -0.2) is 69.4 Å². The minimum atomic E-state index is 0.144. The normalized spacial score (nSPS) is 14.3. The van der Waals surface area contributed by atoms with Crippen molar-refractivity contribution in [2.45, 2.75) is 13.1 Å². The van der Waals surface area contributed by atoms with Crippen LogP contribution in [-0.2, 0) is 22.6 Å². The largest absolute Gasteiger partial charge is 0.379 e. The second-order valence-corrected chi connectivity index (χ2v) is 7.12. The van der Waals surface area contributed by atoms with Crippen LogP contribution >= 0.6 is 0 Å². The molecule has 1 amide bonds. The molecule has 0 radical (unpaired) electrons. The fraction of sp³-hybridized carbons (Fsp3) is 0.318. The van der Waals surface area contributed by atoms with Gasteiger partial charge in [-0.2, -0.15) is 0 Å². The standard InChI is InChI=1S/C22H23N5O3/c28-17-26(29)9-10-27-22-8-7-19(15-21(22)23-24-27)4-1-18-2-5-20(6-3-18)16-25-11-13-30-14-12-25/h2-3,5-8,15,17,29H,9-14,16H2. The van der Waals surface area contributed by atoms with E-state index in [-0.39, 0.29) is 6.54 Å². The van der Waals surface area contributed by atoms with Crippen LogP contribution in [0.15, 0.2) is 42.5 Å². The van der Waals surface area contributed by atoms with Gasteiger partial charge in [0.25, 0.3) is 0 Å². The Morgan fingerprint density at radius 2 is 1.83 bits per heavy atom. The monoisotopic (exact) mass is 405 g/mol. The summed E-state index contributed by atoms with van der Waals surface area (Å²) in [6.07, 6.45) is 0.363. The quantitative estimate of drug-likeness (QED) is 0.290. The van der Waals surface area contributed by atoms with Crippen LogP contribution in [0.3, 0.4) is 0 Å². The van der Waals surface area contributed by atoms with Gasteiger partial charge in [-0.05, 0) is 35.9 Å². The van der Waals surface area contributed by atoms with E-state index in [1.54, 1.807) is 4.68 Å². The van der Waals surface area contributed by atoms with Crippen LogP contribution in [0, 0.1) is 11.8 Å². The summed E-state index contributed by atoms with van der Waals surface area (Å²) in [7, 11) is 0. The lowest BCUT2D eigenvalue weighted by atomic mass is 10.1. The molecular formula is C22H23N5O3. The Kier molecular flexibility index (Phi) is 6.35. The molecule has 1 saturated heterocycles. The first-order valence-electron chi connectivity index (χ1n) is 9.86. The highest BCUT2D eigenvalue weighted by Crippen LogP contribution is 2.13. The first-order chi connectivity index (χ1) is 14.7. The number of rotatable bonds is 6. The van der Waals surface area contributed by atoms with Crippen molar-refractivity contribution < 1.29 is 14.7 Å². The average molecular weight is 405 g/mol. The number of nitrogens with zero attached hydrogens (tertiary/aromatic N) is 5.